The number of nitrogens with one attached hydrogen (secondary N) is 1. The lowest BCUT2D eigenvalue weighted by Crippen LogP contribution is -2.30. The predicted octanol–water partition coefficient (Wildman–Crippen LogP) is 2.53. The SMILES string of the molecule is COc1cccnc1C(CSc1ccc(F)cc1)NN. The van der Waals surface area contributed by atoms with E-state index in [0.717, 1.165) is 10.6 Å². The van der Waals surface area contributed by atoms with Crippen LogP contribution < -0.4 is 16.0 Å². The first kappa shape index (κ1) is 14.8. The number of thioether (sulfide) groups is 1. The molecule has 0 fully saturated rings. The first-order valence-corrected chi connectivity index (χ1v) is 7.06. The average molecular weight is 293 g/mol. The van der Waals surface area contributed by atoms with Crippen LogP contribution in [0, 0.1) is 5.82 Å². The molecule has 0 amide bonds. The van der Waals surface area contributed by atoms with E-state index in [1.54, 1.807) is 37.2 Å². The van der Waals surface area contributed by atoms with Gasteiger partial charge >= 0.3 is 0 Å². The van der Waals surface area contributed by atoms with Gasteiger partial charge in [-0.05, 0) is 36.4 Å². The van der Waals surface area contributed by atoms with E-state index in [9.17, 15) is 4.39 Å². The summed E-state index contributed by atoms with van der Waals surface area (Å²) in [5, 5.41) is 0. The quantitative estimate of drug-likeness (QED) is 0.487. The fourth-order valence-corrected chi connectivity index (χ4v) is 2.70. The largest absolute Gasteiger partial charge is 0.495 e. The molecule has 4 nitrogen and oxygen atoms in total. The zero-order valence-electron chi connectivity index (χ0n) is 11.0. The molecular weight excluding hydrogens is 277 g/mol. The maximum Gasteiger partial charge on any atom is 0.142 e. The van der Waals surface area contributed by atoms with Crippen molar-refractivity contribution in [1.29, 1.82) is 0 Å². The van der Waals surface area contributed by atoms with Crippen LogP contribution in [0.5, 0.6) is 5.75 Å². The average Bonchev–Trinajstić information content (AvgIpc) is 2.50. The molecule has 20 heavy (non-hydrogen) atoms. The molecular formula is C14H16FN3OS. The van der Waals surface area contributed by atoms with E-state index in [1.165, 1.54) is 12.1 Å². The number of aromatic nitrogens is 1. The first-order chi connectivity index (χ1) is 9.74. The molecule has 1 unspecified atom stereocenters. The molecule has 0 radical (unpaired) electrons. The second kappa shape index (κ2) is 7.23. The summed E-state index contributed by atoms with van der Waals surface area (Å²) in [7, 11) is 1.60. The van der Waals surface area contributed by atoms with Gasteiger partial charge in [0.05, 0.1) is 13.2 Å². The van der Waals surface area contributed by atoms with Gasteiger partial charge in [-0.3, -0.25) is 16.3 Å². The third kappa shape index (κ3) is 3.69. The van der Waals surface area contributed by atoms with E-state index >= 15 is 0 Å². The van der Waals surface area contributed by atoms with E-state index in [0.29, 0.717) is 11.5 Å². The van der Waals surface area contributed by atoms with Crippen molar-refractivity contribution in [1.82, 2.24) is 10.4 Å². The summed E-state index contributed by atoms with van der Waals surface area (Å²) in [4.78, 5) is 5.28. The highest BCUT2D eigenvalue weighted by atomic mass is 32.2. The van der Waals surface area contributed by atoms with E-state index in [4.69, 9.17) is 10.6 Å². The summed E-state index contributed by atoms with van der Waals surface area (Å²) in [5.41, 5.74) is 3.49. The molecule has 6 heteroatoms. The molecule has 0 saturated carbocycles. The van der Waals surface area contributed by atoms with Gasteiger partial charge in [-0.1, -0.05) is 0 Å². The van der Waals surface area contributed by atoms with E-state index in [1.807, 2.05) is 12.1 Å². The number of pyridine rings is 1. The Morgan fingerprint density at radius 3 is 2.75 bits per heavy atom. The first-order valence-electron chi connectivity index (χ1n) is 6.08. The maximum atomic E-state index is 12.8. The standard InChI is InChI=1S/C14H16FN3OS/c1-19-13-3-2-8-17-14(13)12(18-16)9-20-11-6-4-10(15)5-7-11/h2-8,12,18H,9,16H2,1H3. The fraction of sp³-hybridized carbons (Fsp3) is 0.214. The lowest BCUT2D eigenvalue weighted by Gasteiger charge is -2.17. The van der Waals surface area contributed by atoms with Gasteiger partial charge in [0.15, 0.2) is 0 Å². The normalized spacial score (nSPS) is 12.2. The second-order valence-electron chi connectivity index (χ2n) is 4.08. The Bertz CT molecular complexity index is 550. The van der Waals surface area contributed by atoms with Crippen LogP contribution in [-0.2, 0) is 0 Å². The van der Waals surface area contributed by atoms with Crippen LogP contribution in [0.4, 0.5) is 4.39 Å². The zero-order valence-corrected chi connectivity index (χ0v) is 11.9. The molecule has 1 heterocycles. The number of nitrogens with two attached hydrogens (primary N) is 1. The van der Waals surface area contributed by atoms with Crippen molar-refractivity contribution in [2.45, 2.75) is 10.9 Å². The molecule has 3 N–H and O–H groups in total. The van der Waals surface area contributed by atoms with Crippen molar-refractivity contribution >= 4 is 11.8 Å². The number of ether oxygens (including phenoxy) is 1. The van der Waals surface area contributed by atoms with Crippen LogP contribution >= 0.6 is 11.8 Å². The van der Waals surface area contributed by atoms with Crippen molar-refractivity contribution < 1.29 is 9.13 Å². The summed E-state index contributed by atoms with van der Waals surface area (Å²) in [6, 6.07) is 9.86. The molecule has 1 atom stereocenters. The Morgan fingerprint density at radius 1 is 1.35 bits per heavy atom. The second-order valence-corrected chi connectivity index (χ2v) is 5.17. The lowest BCUT2D eigenvalue weighted by atomic mass is 10.2. The highest BCUT2D eigenvalue weighted by Crippen LogP contribution is 2.28. The van der Waals surface area contributed by atoms with E-state index < -0.39 is 0 Å². The summed E-state index contributed by atoms with van der Waals surface area (Å²) in [6.07, 6.45) is 1.70. The van der Waals surface area contributed by atoms with Crippen molar-refractivity contribution in [3.8, 4) is 5.75 Å². The Kier molecular flexibility index (Phi) is 5.34. The minimum Gasteiger partial charge on any atom is -0.495 e. The molecule has 2 rings (SSSR count). The number of hydrogen-bond donors (Lipinski definition) is 2. The highest BCUT2D eigenvalue weighted by Gasteiger charge is 2.16. The fourth-order valence-electron chi connectivity index (χ4n) is 1.75. The molecule has 0 bridgehead atoms. The highest BCUT2D eigenvalue weighted by molar-refractivity contribution is 7.99. The molecule has 0 aliphatic rings. The van der Waals surface area contributed by atoms with Crippen molar-refractivity contribution in [3.05, 3.63) is 54.1 Å². The predicted molar refractivity (Wildman–Crippen MR) is 78.0 cm³/mol. The van der Waals surface area contributed by atoms with Gasteiger partial charge in [0.2, 0.25) is 0 Å². The van der Waals surface area contributed by atoms with Gasteiger partial charge in [0.25, 0.3) is 0 Å². The number of nitrogens with zero attached hydrogens (tertiary/aromatic N) is 1. The topological polar surface area (TPSA) is 60.2 Å². The summed E-state index contributed by atoms with van der Waals surface area (Å²) < 4.78 is 18.1. The maximum absolute atomic E-state index is 12.8. The Morgan fingerprint density at radius 2 is 2.10 bits per heavy atom. The summed E-state index contributed by atoms with van der Waals surface area (Å²) in [6.45, 7) is 0. The van der Waals surface area contributed by atoms with Crippen LogP contribution in [0.15, 0.2) is 47.5 Å². The van der Waals surface area contributed by atoms with Gasteiger partial charge in [-0.15, -0.1) is 11.8 Å². The van der Waals surface area contributed by atoms with Gasteiger partial charge in [0.1, 0.15) is 17.3 Å². The van der Waals surface area contributed by atoms with Crippen LogP contribution in [0.25, 0.3) is 0 Å². The zero-order chi connectivity index (χ0) is 14.4. The molecule has 2 aromatic rings. The smallest absolute Gasteiger partial charge is 0.142 e. The number of hydrazine groups is 1. The Labute approximate surface area is 121 Å². The van der Waals surface area contributed by atoms with Crippen LogP contribution in [0.1, 0.15) is 11.7 Å². The molecule has 0 saturated heterocycles. The van der Waals surface area contributed by atoms with Gasteiger partial charge in [0, 0.05) is 16.8 Å². The summed E-state index contributed by atoms with van der Waals surface area (Å²) in [5.74, 6) is 6.71. The van der Waals surface area contributed by atoms with E-state index in [2.05, 4.69) is 10.4 Å². The van der Waals surface area contributed by atoms with Crippen molar-refractivity contribution in [2.75, 3.05) is 12.9 Å². The van der Waals surface area contributed by atoms with Crippen LogP contribution in [0.2, 0.25) is 0 Å². The van der Waals surface area contributed by atoms with Crippen molar-refractivity contribution in [3.63, 3.8) is 0 Å². The third-order valence-electron chi connectivity index (χ3n) is 2.78. The molecule has 1 aromatic carbocycles. The number of methoxy groups -OCH3 is 1. The minimum absolute atomic E-state index is 0.152. The number of halogens is 1. The Balaban J connectivity index is 2.07. The molecule has 0 aliphatic heterocycles. The minimum atomic E-state index is -0.241. The Hall–Kier alpha value is -1.63. The monoisotopic (exact) mass is 293 g/mol. The molecule has 106 valence electrons. The number of hydrogen-bond acceptors (Lipinski definition) is 5. The van der Waals surface area contributed by atoms with Crippen LogP contribution in [0.3, 0.4) is 0 Å². The van der Waals surface area contributed by atoms with Gasteiger partial charge in [-0.25, -0.2) is 4.39 Å². The molecule has 1 aromatic heterocycles. The molecule has 0 spiro atoms. The number of benzene rings is 1. The molecule has 0 aliphatic carbocycles. The summed E-state index contributed by atoms with van der Waals surface area (Å²) >= 11 is 1.57. The number of rotatable bonds is 6. The van der Waals surface area contributed by atoms with Crippen molar-refractivity contribution in [2.24, 2.45) is 5.84 Å². The lowest BCUT2D eigenvalue weighted by molar-refractivity contribution is 0.398. The third-order valence-corrected chi connectivity index (χ3v) is 3.89. The van der Waals surface area contributed by atoms with E-state index in [-0.39, 0.29) is 11.9 Å². The van der Waals surface area contributed by atoms with Gasteiger partial charge in [-0.2, -0.15) is 0 Å². The van der Waals surface area contributed by atoms with Crippen LogP contribution in [-0.4, -0.2) is 17.8 Å². The van der Waals surface area contributed by atoms with Gasteiger partial charge < -0.3 is 4.74 Å².